The lowest BCUT2D eigenvalue weighted by atomic mass is 9.78. The molecule has 9 atom stereocenters. The number of carbonyl (C=O) groups is 2. The van der Waals surface area contributed by atoms with Crippen molar-refractivity contribution >= 4 is 11.8 Å². The van der Waals surface area contributed by atoms with E-state index < -0.39 is 48.1 Å². The first kappa shape index (κ1) is 23.1. The lowest BCUT2D eigenvalue weighted by molar-refractivity contribution is -0.159. The monoisotopic (exact) mass is 372 g/mol. The summed E-state index contributed by atoms with van der Waals surface area (Å²) in [5.41, 5.74) is 0. The third kappa shape index (κ3) is 5.51. The molecule has 1 aliphatic heterocycles. The maximum atomic E-state index is 12.7. The van der Waals surface area contributed by atoms with Gasteiger partial charge in [0.1, 0.15) is 11.9 Å². The van der Waals surface area contributed by atoms with Crippen LogP contribution in [-0.2, 0) is 14.3 Å². The van der Waals surface area contributed by atoms with Gasteiger partial charge in [-0.25, -0.2) is 0 Å². The van der Waals surface area contributed by atoms with Gasteiger partial charge in [0.05, 0.1) is 24.7 Å². The summed E-state index contributed by atoms with van der Waals surface area (Å²) in [5.74, 6) is -2.63. The molecule has 1 aliphatic rings. The standard InChI is InChI=1S/C20H36O6/c1-7-16-13(5)20(25)14(6)19(24)11(3)8-10(2)18(23)12(4)15(21)9-17(22)26-16/h10-16,18,20-21,23,25H,7-9H2,1-6H3/t10-,11+,12-,13-,14-,15+,16+,18-,20-/m0/s1. The minimum absolute atomic E-state index is 0.0603. The van der Waals surface area contributed by atoms with Crippen LogP contribution in [-0.4, -0.2) is 51.5 Å². The zero-order valence-corrected chi connectivity index (χ0v) is 16.9. The SMILES string of the molecule is CC[C@H]1OC(=O)C[C@@H](O)[C@H](C)[C@@H](O)[C@@H](C)C[C@@H](C)C(=O)[C@H](C)[C@@H](O)[C@H]1C. The summed E-state index contributed by atoms with van der Waals surface area (Å²) in [5, 5.41) is 31.4. The summed E-state index contributed by atoms with van der Waals surface area (Å²) in [6.07, 6.45) is -2.54. The van der Waals surface area contributed by atoms with Gasteiger partial charge >= 0.3 is 5.97 Å². The molecule has 0 aromatic rings. The van der Waals surface area contributed by atoms with E-state index in [4.69, 9.17) is 4.74 Å². The van der Waals surface area contributed by atoms with Crippen molar-refractivity contribution in [2.24, 2.45) is 29.6 Å². The van der Waals surface area contributed by atoms with Crippen LogP contribution >= 0.6 is 0 Å². The first-order chi connectivity index (χ1) is 12.0. The van der Waals surface area contributed by atoms with Gasteiger partial charge in [-0.05, 0) is 18.8 Å². The Morgan fingerprint density at radius 1 is 0.962 bits per heavy atom. The molecule has 6 heteroatoms. The highest BCUT2D eigenvalue weighted by Crippen LogP contribution is 2.29. The predicted octanol–water partition coefficient (Wildman–Crippen LogP) is 1.93. The van der Waals surface area contributed by atoms with Crippen LogP contribution in [0.15, 0.2) is 0 Å². The summed E-state index contributed by atoms with van der Waals surface area (Å²) in [4.78, 5) is 24.9. The van der Waals surface area contributed by atoms with Crippen molar-refractivity contribution in [2.45, 2.75) is 85.2 Å². The molecule has 0 radical (unpaired) electrons. The van der Waals surface area contributed by atoms with Crippen LogP contribution in [0.2, 0.25) is 0 Å². The van der Waals surface area contributed by atoms with Gasteiger partial charge in [0.25, 0.3) is 0 Å². The van der Waals surface area contributed by atoms with E-state index in [1.807, 2.05) is 20.8 Å². The van der Waals surface area contributed by atoms with E-state index in [9.17, 15) is 24.9 Å². The van der Waals surface area contributed by atoms with Crippen molar-refractivity contribution in [2.75, 3.05) is 0 Å². The second-order valence-electron chi connectivity index (χ2n) is 8.21. The summed E-state index contributed by atoms with van der Waals surface area (Å²) in [6, 6.07) is 0. The molecule has 0 bridgehead atoms. The van der Waals surface area contributed by atoms with Gasteiger partial charge in [0.15, 0.2) is 0 Å². The van der Waals surface area contributed by atoms with Crippen LogP contribution in [0.25, 0.3) is 0 Å². The number of hydrogen-bond acceptors (Lipinski definition) is 6. The Bertz CT molecular complexity index is 479. The van der Waals surface area contributed by atoms with Crippen LogP contribution in [0, 0.1) is 29.6 Å². The molecule has 1 fully saturated rings. The van der Waals surface area contributed by atoms with E-state index in [1.54, 1.807) is 20.8 Å². The Labute approximate surface area is 156 Å². The number of aliphatic hydroxyl groups excluding tert-OH is 3. The molecule has 0 amide bonds. The zero-order chi connectivity index (χ0) is 20.2. The Morgan fingerprint density at radius 3 is 2.08 bits per heavy atom. The number of carbonyl (C=O) groups excluding carboxylic acids is 2. The van der Waals surface area contributed by atoms with Gasteiger partial charge in [-0.1, -0.05) is 41.5 Å². The third-order valence-corrected chi connectivity index (χ3v) is 6.09. The molecule has 0 saturated carbocycles. The van der Waals surface area contributed by atoms with Gasteiger partial charge in [-0.15, -0.1) is 0 Å². The topological polar surface area (TPSA) is 104 Å². The predicted molar refractivity (Wildman–Crippen MR) is 98.3 cm³/mol. The highest BCUT2D eigenvalue weighted by molar-refractivity contribution is 5.83. The van der Waals surface area contributed by atoms with Gasteiger partial charge in [0, 0.05) is 23.7 Å². The quantitative estimate of drug-likeness (QED) is 0.608. The number of aliphatic hydroxyl groups is 3. The van der Waals surface area contributed by atoms with Crippen molar-refractivity contribution in [3.8, 4) is 0 Å². The first-order valence-electron chi connectivity index (χ1n) is 9.78. The summed E-state index contributed by atoms with van der Waals surface area (Å²) >= 11 is 0. The molecule has 0 aliphatic carbocycles. The molecular weight excluding hydrogens is 336 g/mol. The second kappa shape index (κ2) is 9.81. The van der Waals surface area contributed by atoms with Crippen LogP contribution < -0.4 is 0 Å². The summed E-state index contributed by atoms with van der Waals surface area (Å²) < 4.78 is 5.47. The Morgan fingerprint density at radius 2 is 1.54 bits per heavy atom. The molecule has 152 valence electrons. The third-order valence-electron chi connectivity index (χ3n) is 6.09. The van der Waals surface area contributed by atoms with E-state index in [0.29, 0.717) is 12.8 Å². The lowest BCUT2D eigenvalue weighted by Gasteiger charge is -2.34. The van der Waals surface area contributed by atoms with Crippen LogP contribution in [0.3, 0.4) is 0 Å². The number of cyclic esters (lactones) is 1. The summed E-state index contributed by atoms with van der Waals surface area (Å²) in [7, 11) is 0. The average Bonchev–Trinajstić information content (AvgIpc) is 2.61. The van der Waals surface area contributed by atoms with E-state index in [1.165, 1.54) is 0 Å². The molecule has 0 aromatic carbocycles. The molecule has 0 spiro atoms. The number of rotatable bonds is 1. The summed E-state index contributed by atoms with van der Waals surface area (Å²) in [6.45, 7) is 10.7. The molecule has 1 saturated heterocycles. The highest BCUT2D eigenvalue weighted by Gasteiger charge is 2.37. The Balaban J connectivity index is 3.13. The maximum Gasteiger partial charge on any atom is 0.308 e. The van der Waals surface area contributed by atoms with Crippen LogP contribution in [0.1, 0.15) is 60.8 Å². The highest BCUT2D eigenvalue weighted by atomic mass is 16.5. The minimum atomic E-state index is -1.02. The largest absolute Gasteiger partial charge is 0.462 e. The first-order valence-corrected chi connectivity index (χ1v) is 9.78. The molecule has 1 rings (SSSR count). The van der Waals surface area contributed by atoms with E-state index in [-0.39, 0.29) is 24.0 Å². The van der Waals surface area contributed by atoms with Crippen molar-refractivity contribution in [1.82, 2.24) is 0 Å². The second-order valence-corrected chi connectivity index (χ2v) is 8.21. The Hall–Kier alpha value is -0.980. The fourth-order valence-corrected chi connectivity index (χ4v) is 3.99. The molecular formula is C20H36O6. The number of ether oxygens (including phenoxy) is 1. The maximum absolute atomic E-state index is 12.7. The van der Waals surface area contributed by atoms with E-state index in [0.717, 1.165) is 0 Å². The fourth-order valence-electron chi connectivity index (χ4n) is 3.99. The fraction of sp³-hybridized carbons (Fsp3) is 0.900. The molecule has 6 nitrogen and oxygen atoms in total. The molecule has 0 unspecified atom stereocenters. The molecule has 26 heavy (non-hydrogen) atoms. The molecule has 3 N–H and O–H groups in total. The normalized spacial score (nSPS) is 44.3. The Kier molecular flexibility index (Phi) is 8.70. The number of esters is 1. The minimum Gasteiger partial charge on any atom is -0.462 e. The lowest BCUT2D eigenvalue weighted by Crippen LogP contribution is -2.43. The zero-order valence-electron chi connectivity index (χ0n) is 16.9. The van der Waals surface area contributed by atoms with E-state index >= 15 is 0 Å². The number of ketones is 1. The molecule has 1 heterocycles. The molecule has 0 aromatic heterocycles. The smallest absolute Gasteiger partial charge is 0.308 e. The van der Waals surface area contributed by atoms with Crippen molar-refractivity contribution in [3.05, 3.63) is 0 Å². The van der Waals surface area contributed by atoms with Crippen LogP contribution in [0.5, 0.6) is 0 Å². The van der Waals surface area contributed by atoms with Crippen LogP contribution in [0.4, 0.5) is 0 Å². The average molecular weight is 373 g/mol. The van der Waals surface area contributed by atoms with Gasteiger partial charge in [0.2, 0.25) is 0 Å². The van der Waals surface area contributed by atoms with Gasteiger partial charge < -0.3 is 20.1 Å². The number of Topliss-reactive ketones (excluding diaryl/α,β-unsaturated/α-hetero) is 1. The van der Waals surface area contributed by atoms with Crippen molar-refractivity contribution < 1.29 is 29.6 Å². The van der Waals surface area contributed by atoms with Gasteiger partial charge in [-0.3, -0.25) is 9.59 Å². The van der Waals surface area contributed by atoms with Crippen molar-refractivity contribution in [1.29, 1.82) is 0 Å². The van der Waals surface area contributed by atoms with E-state index in [2.05, 4.69) is 0 Å². The van der Waals surface area contributed by atoms with Gasteiger partial charge in [-0.2, -0.15) is 0 Å². The van der Waals surface area contributed by atoms with Crippen molar-refractivity contribution in [3.63, 3.8) is 0 Å². The number of hydrogen-bond donors (Lipinski definition) is 3.